The van der Waals surface area contributed by atoms with Gasteiger partial charge in [0.2, 0.25) is 5.91 Å². The fraction of sp³-hybridized carbons (Fsp3) is 0.588. The summed E-state index contributed by atoms with van der Waals surface area (Å²) in [6.45, 7) is 0. The predicted octanol–water partition coefficient (Wildman–Crippen LogP) is 2.03. The van der Waals surface area contributed by atoms with E-state index in [1.165, 1.54) is 0 Å². The first-order valence-corrected chi connectivity index (χ1v) is 8.12. The van der Waals surface area contributed by atoms with Crippen LogP contribution in [-0.2, 0) is 4.79 Å². The quantitative estimate of drug-likeness (QED) is 0.778. The number of nitrogens with one attached hydrogen (secondary N) is 2. The molecule has 2 atom stereocenters. The topological polar surface area (TPSA) is 76.4 Å². The Hall–Kier alpha value is -1.75. The van der Waals surface area contributed by atoms with Crippen molar-refractivity contribution in [2.45, 2.75) is 56.1 Å². The third kappa shape index (κ3) is 2.90. The van der Waals surface area contributed by atoms with Gasteiger partial charge in [0.25, 0.3) is 0 Å². The van der Waals surface area contributed by atoms with Gasteiger partial charge in [-0.1, -0.05) is 12.8 Å². The normalized spacial score (nSPS) is 26.1. The summed E-state index contributed by atoms with van der Waals surface area (Å²) in [7, 11) is 1.65. The highest BCUT2D eigenvalue weighted by atomic mass is 16.5. The molecule has 22 heavy (non-hydrogen) atoms. The lowest BCUT2D eigenvalue weighted by molar-refractivity contribution is -0.126. The molecule has 1 amide bonds. The van der Waals surface area contributed by atoms with Crippen LogP contribution in [0, 0.1) is 0 Å². The number of rotatable bonds is 5. The molecular weight excluding hydrogens is 278 g/mol. The fourth-order valence-corrected chi connectivity index (χ4v) is 3.35. The molecule has 1 aromatic rings. The second kappa shape index (κ2) is 6.16. The van der Waals surface area contributed by atoms with Gasteiger partial charge in [-0.3, -0.25) is 4.79 Å². The van der Waals surface area contributed by atoms with Gasteiger partial charge in [-0.25, -0.2) is 0 Å². The smallest absolute Gasteiger partial charge is 0.245 e. The number of carbonyl (C=O) groups is 1. The second-order valence-electron chi connectivity index (χ2n) is 6.46. The minimum absolute atomic E-state index is 0.0981. The fourth-order valence-electron chi connectivity index (χ4n) is 3.35. The van der Waals surface area contributed by atoms with E-state index in [1.807, 2.05) is 24.3 Å². The van der Waals surface area contributed by atoms with E-state index in [9.17, 15) is 4.79 Å². The summed E-state index contributed by atoms with van der Waals surface area (Å²) in [6, 6.07) is 7.99. The molecule has 0 aromatic heterocycles. The minimum Gasteiger partial charge on any atom is -0.497 e. The van der Waals surface area contributed by atoms with E-state index in [0.29, 0.717) is 0 Å². The third-order valence-electron chi connectivity index (χ3n) is 5.01. The number of nitrogens with two attached hydrogens (primary N) is 1. The highest BCUT2D eigenvalue weighted by Gasteiger charge is 2.43. The maximum Gasteiger partial charge on any atom is 0.245 e. The van der Waals surface area contributed by atoms with Crippen molar-refractivity contribution in [3.05, 3.63) is 24.3 Å². The Bertz CT molecular complexity index is 523. The molecule has 120 valence electrons. The van der Waals surface area contributed by atoms with Crippen molar-refractivity contribution in [2.75, 3.05) is 12.4 Å². The first-order valence-electron chi connectivity index (χ1n) is 8.12. The molecule has 5 nitrogen and oxygen atoms in total. The minimum atomic E-state index is -0.496. The molecule has 0 saturated heterocycles. The number of benzene rings is 1. The largest absolute Gasteiger partial charge is 0.497 e. The van der Waals surface area contributed by atoms with Crippen LogP contribution in [0.4, 0.5) is 5.69 Å². The summed E-state index contributed by atoms with van der Waals surface area (Å²) >= 11 is 0. The van der Waals surface area contributed by atoms with Gasteiger partial charge < -0.3 is 21.1 Å². The van der Waals surface area contributed by atoms with E-state index >= 15 is 0 Å². The predicted molar refractivity (Wildman–Crippen MR) is 87.0 cm³/mol. The van der Waals surface area contributed by atoms with Gasteiger partial charge in [-0.15, -0.1) is 0 Å². The van der Waals surface area contributed by atoms with E-state index in [4.69, 9.17) is 10.5 Å². The summed E-state index contributed by atoms with van der Waals surface area (Å²) in [5.41, 5.74) is 6.41. The maximum atomic E-state index is 12.8. The van der Waals surface area contributed by atoms with E-state index < -0.39 is 5.54 Å². The standard InChI is InChI=1S/C17H25N3O2/c1-22-13-6-4-12(5-7-13)20-17(10-2-3-11-17)16(21)19-15-9-8-14(15)18/h4-7,14-15,20H,2-3,8-11,18H2,1H3,(H,19,21)/t14-,15+/m0/s1. The van der Waals surface area contributed by atoms with E-state index in [2.05, 4.69) is 10.6 Å². The Labute approximate surface area is 131 Å². The number of ether oxygens (including phenoxy) is 1. The van der Waals surface area contributed by atoms with Crippen LogP contribution in [0.25, 0.3) is 0 Å². The summed E-state index contributed by atoms with van der Waals surface area (Å²) in [5, 5.41) is 6.61. The molecular formula is C17H25N3O2. The van der Waals surface area contributed by atoms with Crippen LogP contribution in [0.3, 0.4) is 0 Å². The van der Waals surface area contributed by atoms with Crippen molar-refractivity contribution in [1.29, 1.82) is 0 Å². The Kier molecular flexibility index (Phi) is 4.25. The van der Waals surface area contributed by atoms with Crippen molar-refractivity contribution in [1.82, 2.24) is 5.32 Å². The Morgan fingerprint density at radius 3 is 2.41 bits per heavy atom. The lowest BCUT2D eigenvalue weighted by Gasteiger charge is -2.38. The number of amides is 1. The molecule has 2 aliphatic rings. The Morgan fingerprint density at radius 2 is 1.91 bits per heavy atom. The van der Waals surface area contributed by atoms with Crippen molar-refractivity contribution in [2.24, 2.45) is 5.73 Å². The van der Waals surface area contributed by atoms with Gasteiger partial charge in [0.05, 0.1) is 7.11 Å². The second-order valence-corrected chi connectivity index (χ2v) is 6.46. The van der Waals surface area contributed by atoms with Gasteiger partial charge in [-0.2, -0.15) is 0 Å². The summed E-state index contributed by atoms with van der Waals surface area (Å²) in [5.74, 6) is 0.914. The average Bonchev–Trinajstić information content (AvgIpc) is 3.01. The molecule has 2 aliphatic carbocycles. The van der Waals surface area contributed by atoms with Crippen molar-refractivity contribution in [3.8, 4) is 5.75 Å². The first kappa shape index (κ1) is 15.2. The zero-order valence-electron chi connectivity index (χ0n) is 13.1. The molecule has 0 spiro atoms. The first-order chi connectivity index (χ1) is 10.6. The van der Waals surface area contributed by atoms with Crippen LogP contribution in [0.1, 0.15) is 38.5 Å². The van der Waals surface area contributed by atoms with E-state index in [0.717, 1.165) is 50.0 Å². The SMILES string of the molecule is COc1ccc(NC2(C(=O)N[C@@H]3CC[C@@H]3N)CCCC2)cc1. The van der Waals surface area contributed by atoms with Crippen LogP contribution >= 0.6 is 0 Å². The van der Waals surface area contributed by atoms with Crippen LogP contribution < -0.4 is 21.1 Å². The number of hydrogen-bond acceptors (Lipinski definition) is 4. The molecule has 0 heterocycles. The van der Waals surface area contributed by atoms with Crippen molar-refractivity contribution in [3.63, 3.8) is 0 Å². The van der Waals surface area contributed by atoms with E-state index in [-0.39, 0.29) is 18.0 Å². The zero-order chi connectivity index (χ0) is 15.6. The number of methoxy groups -OCH3 is 1. The molecule has 0 radical (unpaired) electrons. The molecule has 0 unspecified atom stereocenters. The van der Waals surface area contributed by atoms with Crippen molar-refractivity contribution < 1.29 is 9.53 Å². The summed E-state index contributed by atoms with van der Waals surface area (Å²) in [6.07, 6.45) is 5.88. The Morgan fingerprint density at radius 1 is 1.23 bits per heavy atom. The van der Waals surface area contributed by atoms with Gasteiger partial charge in [0.15, 0.2) is 0 Å². The molecule has 3 rings (SSSR count). The lowest BCUT2D eigenvalue weighted by Crippen LogP contribution is -2.60. The monoisotopic (exact) mass is 303 g/mol. The van der Waals surface area contributed by atoms with Gasteiger partial charge in [0.1, 0.15) is 11.3 Å². The van der Waals surface area contributed by atoms with Crippen LogP contribution in [0.2, 0.25) is 0 Å². The molecule has 2 saturated carbocycles. The maximum absolute atomic E-state index is 12.8. The lowest BCUT2D eigenvalue weighted by atomic mass is 9.85. The summed E-state index contributed by atoms with van der Waals surface area (Å²) in [4.78, 5) is 12.8. The molecule has 2 fully saturated rings. The molecule has 5 heteroatoms. The number of hydrogen-bond donors (Lipinski definition) is 3. The van der Waals surface area contributed by atoms with Gasteiger partial charge in [-0.05, 0) is 49.9 Å². The van der Waals surface area contributed by atoms with Crippen LogP contribution in [-0.4, -0.2) is 30.6 Å². The van der Waals surface area contributed by atoms with Gasteiger partial charge >= 0.3 is 0 Å². The number of anilines is 1. The zero-order valence-corrected chi connectivity index (χ0v) is 13.1. The highest BCUT2D eigenvalue weighted by Crippen LogP contribution is 2.34. The number of carbonyl (C=O) groups excluding carboxylic acids is 1. The van der Waals surface area contributed by atoms with Gasteiger partial charge in [0, 0.05) is 17.8 Å². The molecule has 0 aliphatic heterocycles. The molecule has 1 aromatic carbocycles. The highest BCUT2D eigenvalue weighted by molar-refractivity contribution is 5.90. The van der Waals surface area contributed by atoms with E-state index in [1.54, 1.807) is 7.11 Å². The Balaban J connectivity index is 1.71. The summed E-state index contributed by atoms with van der Waals surface area (Å²) < 4.78 is 5.18. The average molecular weight is 303 g/mol. The van der Waals surface area contributed by atoms with Crippen LogP contribution in [0.5, 0.6) is 5.75 Å². The molecule has 4 N–H and O–H groups in total. The third-order valence-corrected chi connectivity index (χ3v) is 5.01. The van der Waals surface area contributed by atoms with Crippen LogP contribution in [0.15, 0.2) is 24.3 Å². The van der Waals surface area contributed by atoms with Crippen molar-refractivity contribution >= 4 is 11.6 Å². The molecule has 0 bridgehead atoms.